The van der Waals surface area contributed by atoms with E-state index < -0.39 is 0 Å². The van der Waals surface area contributed by atoms with Crippen LogP contribution < -0.4 is 0 Å². The van der Waals surface area contributed by atoms with Crippen LogP contribution in [-0.2, 0) is 11.3 Å². The Kier molecular flexibility index (Phi) is 2.23. The third-order valence-corrected chi connectivity index (χ3v) is 1.72. The lowest BCUT2D eigenvalue weighted by Gasteiger charge is -2.12. The maximum Gasteiger partial charge on any atom is 0.151 e. The first kappa shape index (κ1) is 8.60. The van der Waals surface area contributed by atoms with E-state index in [9.17, 15) is 0 Å². The summed E-state index contributed by atoms with van der Waals surface area (Å²) < 4.78 is 4.96. The molecule has 1 rings (SSSR count). The molecule has 0 saturated heterocycles. The summed E-state index contributed by atoms with van der Waals surface area (Å²) >= 11 is 5.56. The molecule has 3 heteroatoms. The minimum atomic E-state index is 0.0494. The quantitative estimate of drug-likeness (QED) is 0.611. The lowest BCUT2D eigenvalue weighted by Crippen LogP contribution is -2.10. The zero-order valence-electron chi connectivity index (χ0n) is 7.02. The molecule has 1 aromatic rings. The van der Waals surface area contributed by atoms with Crippen molar-refractivity contribution >= 4 is 11.6 Å². The maximum absolute atomic E-state index is 5.56. The zero-order valence-corrected chi connectivity index (χ0v) is 7.77. The van der Waals surface area contributed by atoms with Gasteiger partial charge in [-0.2, -0.15) is 0 Å². The van der Waals surface area contributed by atoms with Gasteiger partial charge in [-0.15, -0.1) is 11.6 Å². The van der Waals surface area contributed by atoms with Crippen LogP contribution in [0.25, 0.3) is 0 Å². The third-order valence-electron chi connectivity index (χ3n) is 1.46. The highest BCUT2D eigenvalue weighted by atomic mass is 35.5. The first-order chi connectivity index (χ1) is 5.04. The van der Waals surface area contributed by atoms with Crippen LogP contribution in [0.2, 0.25) is 0 Å². The number of halogens is 1. The van der Waals surface area contributed by atoms with E-state index in [1.165, 1.54) is 0 Å². The second-order valence-corrected chi connectivity index (χ2v) is 3.83. The van der Waals surface area contributed by atoms with Gasteiger partial charge in [0.1, 0.15) is 0 Å². The average molecular weight is 174 g/mol. The number of alkyl halides is 1. The molecule has 0 aliphatic carbocycles. The summed E-state index contributed by atoms with van der Waals surface area (Å²) in [7, 11) is 0. The molecule has 0 atom stereocenters. The SMILES string of the molecule is CC(C)(C)c1cc(CCl)on1. The van der Waals surface area contributed by atoms with Crippen LogP contribution in [0.4, 0.5) is 0 Å². The van der Waals surface area contributed by atoms with E-state index >= 15 is 0 Å². The highest BCUT2D eigenvalue weighted by Gasteiger charge is 2.18. The molecular weight excluding hydrogens is 162 g/mol. The Balaban J connectivity index is 2.89. The molecule has 2 nitrogen and oxygen atoms in total. The van der Waals surface area contributed by atoms with E-state index in [0.29, 0.717) is 5.88 Å². The number of aromatic nitrogens is 1. The molecule has 0 radical (unpaired) electrons. The van der Waals surface area contributed by atoms with Gasteiger partial charge in [0.15, 0.2) is 5.76 Å². The Bertz CT molecular complexity index is 236. The summed E-state index contributed by atoms with van der Waals surface area (Å²) in [6, 6.07) is 1.90. The van der Waals surface area contributed by atoms with Gasteiger partial charge >= 0.3 is 0 Å². The lowest BCUT2D eigenvalue weighted by atomic mass is 9.92. The highest BCUT2D eigenvalue weighted by Crippen LogP contribution is 2.21. The van der Waals surface area contributed by atoms with Crippen molar-refractivity contribution < 1.29 is 4.52 Å². The van der Waals surface area contributed by atoms with E-state index in [1.54, 1.807) is 0 Å². The maximum atomic E-state index is 5.56. The molecule has 0 bridgehead atoms. The lowest BCUT2D eigenvalue weighted by molar-refractivity contribution is 0.373. The molecule has 0 spiro atoms. The molecule has 0 amide bonds. The third kappa shape index (κ3) is 1.96. The van der Waals surface area contributed by atoms with Gasteiger partial charge < -0.3 is 4.52 Å². The normalized spacial score (nSPS) is 12.0. The van der Waals surface area contributed by atoms with Gasteiger partial charge in [0.05, 0.1) is 11.6 Å². The Morgan fingerprint density at radius 3 is 2.45 bits per heavy atom. The van der Waals surface area contributed by atoms with Crippen molar-refractivity contribution in [2.24, 2.45) is 0 Å². The van der Waals surface area contributed by atoms with Gasteiger partial charge in [0.2, 0.25) is 0 Å². The van der Waals surface area contributed by atoms with Crippen molar-refractivity contribution in [1.29, 1.82) is 0 Å². The molecule has 0 aliphatic rings. The van der Waals surface area contributed by atoms with Gasteiger partial charge in [-0.3, -0.25) is 0 Å². The molecule has 0 unspecified atom stereocenters. The zero-order chi connectivity index (χ0) is 8.48. The van der Waals surface area contributed by atoms with Crippen LogP contribution in [0.1, 0.15) is 32.2 Å². The molecule has 0 aliphatic heterocycles. The van der Waals surface area contributed by atoms with Crippen molar-refractivity contribution in [2.45, 2.75) is 32.1 Å². The largest absolute Gasteiger partial charge is 0.360 e. The topological polar surface area (TPSA) is 26.0 Å². The summed E-state index contributed by atoms with van der Waals surface area (Å²) in [5.74, 6) is 1.12. The molecule has 62 valence electrons. The van der Waals surface area contributed by atoms with Crippen molar-refractivity contribution in [2.75, 3.05) is 0 Å². The minimum absolute atomic E-state index is 0.0494. The molecule has 0 saturated carbocycles. The predicted molar refractivity (Wildman–Crippen MR) is 44.8 cm³/mol. The molecule has 11 heavy (non-hydrogen) atoms. The number of hydrogen-bond donors (Lipinski definition) is 0. The monoisotopic (exact) mass is 173 g/mol. The van der Waals surface area contributed by atoms with Crippen LogP contribution in [0.3, 0.4) is 0 Å². The van der Waals surface area contributed by atoms with Crippen molar-refractivity contribution in [1.82, 2.24) is 5.16 Å². The fourth-order valence-corrected chi connectivity index (χ4v) is 0.855. The van der Waals surface area contributed by atoms with Crippen LogP contribution in [0, 0.1) is 0 Å². The second-order valence-electron chi connectivity index (χ2n) is 3.56. The van der Waals surface area contributed by atoms with Gasteiger partial charge in [0, 0.05) is 11.5 Å². The number of nitrogens with zero attached hydrogens (tertiary/aromatic N) is 1. The summed E-state index contributed by atoms with van der Waals surface area (Å²) in [4.78, 5) is 0. The molecule has 1 heterocycles. The summed E-state index contributed by atoms with van der Waals surface area (Å²) in [5, 5.41) is 3.90. The van der Waals surface area contributed by atoms with Gasteiger partial charge in [-0.05, 0) is 0 Å². The van der Waals surface area contributed by atoms with Crippen molar-refractivity contribution in [3.05, 3.63) is 17.5 Å². The summed E-state index contributed by atoms with van der Waals surface area (Å²) in [5.41, 5.74) is 1.00. The Morgan fingerprint density at radius 1 is 1.55 bits per heavy atom. The second kappa shape index (κ2) is 2.86. The Hall–Kier alpha value is -0.500. The fraction of sp³-hybridized carbons (Fsp3) is 0.625. The minimum Gasteiger partial charge on any atom is -0.360 e. The smallest absolute Gasteiger partial charge is 0.151 e. The number of rotatable bonds is 1. The molecule has 0 fully saturated rings. The van der Waals surface area contributed by atoms with Crippen LogP contribution >= 0.6 is 11.6 Å². The fourth-order valence-electron chi connectivity index (χ4n) is 0.729. The molecule has 0 N–H and O–H groups in total. The van der Waals surface area contributed by atoms with Gasteiger partial charge in [0.25, 0.3) is 0 Å². The van der Waals surface area contributed by atoms with E-state index in [4.69, 9.17) is 16.1 Å². The Labute approximate surface area is 71.5 Å². The first-order valence-corrected chi connectivity index (χ1v) is 4.09. The predicted octanol–water partition coefficient (Wildman–Crippen LogP) is 2.71. The van der Waals surface area contributed by atoms with Crippen LogP contribution in [0.15, 0.2) is 10.6 Å². The van der Waals surface area contributed by atoms with Gasteiger partial charge in [-0.1, -0.05) is 25.9 Å². The van der Waals surface area contributed by atoms with E-state index in [1.807, 2.05) is 6.07 Å². The molecule has 1 aromatic heterocycles. The first-order valence-electron chi connectivity index (χ1n) is 3.56. The summed E-state index contributed by atoms with van der Waals surface area (Å²) in [6.07, 6.45) is 0. The highest BCUT2D eigenvalue weighted by molar-refractivity contribution is 6.16. The molecule has 0 aromatic carbocycles. The average Bonchev–Trinajstić information content (AvgIpc) is 2.32. The Morgan fingerprint density at radius 2 is 2.18 bits per heavy atom. The van der Waals surface area contributed by atoms with Crippen molar-refractivity contribution in [3.63, 3.8) is 0 Å². The standard InChI is InChI=1S/C8H12ClNO/c1-8(2,3)7-4-6(5-9)11-10-7/h4H,5H2,1-3H3. The van der Waals surface area contributed by atoms with E-state index in [2.05, 4.69) is 25.9 Å². The van der Waals surface area contributed by atoms with E-state index in [-0.39, 0.29) is 5.41 Å². The van der Waals surface area contributed by atoms with Crippen LogP contribution in [-0.4, -0.2) is 5.16 Å². The molecular formula is C8H12ClNO. The van der Waals surface area contributed by atoms with Crippen LogP contribution in [0.5, 0.6) is 0 Å². The summed E-state index contributed by atoms with van der Waals surface area (Å²) in [6.45, 7) is 6.26. The van der Waals surface area contributed by atoms with Crippen molar-refractivity contribution in [3.8, 4) is 0 Å². The van der Waals surface area contributed by atoms with E-state index in [0.717, 1.165) is 11.5 Å². The van der Waals surface area contributed by atoms with Gasteiger partial charge in [-0.25, -0.2) is 0 Å². The number of hydrogen-bond acceptors (Lipinski definition) is 2.